The van der Waals surface area contributed by atoms with E-state index in [9.17, 15) is 23.4 Å². The van der Waals surface area contributed by atoms with E-state index in [1.54, 1.807) is 0 Å². The molecule has 1 fully saturated rings. The third kappa shape index (κ3) is 3.32. The average Bonchev–Trinajstić information content (AvgIpc) is 2.33. The Hall–Kier alpha value is -1.43. The van der Waals surface area contributed by atoms with E-state index in [1.165, 1.54) is 6.07 Å². The van der Waals surface area contributed by atoms with Gasteiger partial charge in [-0.15, -0.1) is 0 Å². The first kappa shape index (κ1) is 14.0. The minimum Gasteiger partial charge on any atom is -0.508 e. The number of phenols is 2. The van der Waals surface area contributed by atoms with Crippen molar-refractivity contribution in [1.82, 2.24) is 5.32 Å². The minimum absolute atomic E-state index is 0.0440. The summed E-state index contributed by atoms with van der Waals surface area (Å²) in [6, 6.07) is 1.79. The topological polar surface area (TPSA) is 52.5 Å². The van der Waals surface area contributed by atoms with Gasteiger partial charge in [-0.2, -0.15) is 13.2 Å². The van der Waals surface area contributed by atoms with Crippen LogP contribution in [0.3, 0.4) is 0 Å². The van der Waals surface area contributed by atoms with Crippen molar-refractivity contribution >= 4 is 0 Å². The van der Waals surface area contributed by atoms with Crippen LogP contribution in [0.15, 0.2) is 12.1 Å². The molecule has 1 saturated heterocycles. The summed E-state index contributed by atoms with van der Waals surface area (Å²) in [4.78, 5) is 0. The van der Waals surface area contributed by atoms with Crippen LogP contribution in [0.5, 0.6) is 11.5 Å². The molecule has 3 N–H and O–H groups in total. The molecule has 1 unspecified atom stereocenters. The zero-order valence-electron chi connectivity index (χ0n) is 10.3. The molecule has 3 nitrogen and oxygen atoms in total. The second-order valence-electron chi connectivity index (χ2n) is 4.85. The third-order valence-electron chi connectivity index (χ3n) is 3.36. The van der Waals surface area contributed by atoms with Crippen molar-refractivity contribution in [2.75, 3.05) is 6.54 Å². The molecule has 1 atom stereocenters. The summed E-state index contributed by atoms with van der Waals surface area (Å²) in [5, 5.41) is 22.3. The molecule has 1 aromatic carbocycles. The van der Waals surface area contributed by atoms with Crippen molar-refractivity contribution in [3.63, 3.8) is 0 Å². The van der Waals surface area contributed by atoms with Crippen molar-refractivity contribution in [1.29, 1.82) is 0 Å². The summed E-state index contributed by atoms with van der Waals surface area (Å²) in [6.07, 6.45) is -1.46. The zero-order valence-corrected chi connectivity index (χ0v) is 10.3. The number of hydrogen-bond acceptors (Lipinski definition) is 3. The molecule has 1 aliphatic heterocycles. The second-order valence-corrected chi connectivity index (χ2v) is 4.85. The molecular weight excluding hydrogens is 259 g/mol. The van der Waals surface area contributed by atoms with Crippen LogP contribution < -0.4 is 5.32 Å². The first-order valence-corrected chi connectivity index (χ1v) is 6.23. The van der Waals surface area contributed by atoms with Crippen LogP contribution in [-0.4, -0.2) is 22.8 Å². The first-order chi connectivity index (χ1) is 8.88. The van der Waals surface area contributed by atoms with Crippen LogP contribution in [0.4, 0.5) is 13.2 Å². The highest BCUT2D eigenvalue weighted by Gasteiger charge is 2.35. The largest absolute Gasteiger partial charge is 0.508 e. The van der Waals surface area contributed by atoms with Crippen molar-refractivity contribution in [2.24, 2.45) is 0 Å². The SMILES string of the molecule is Oc1cc(CC2CCCCN2)c(O)c(C(F)(F)F)c1. The van der Waals surface area contributed by atoms with Crippen molar-refractivity contribution < 1.29 is 23.4 Å². The lowest BCUT2D eigenvalue weighted by molar-refractivity contribution is -0.138. The second kappa shape index (κ2) is 5.28. The zero-order chi connectivity index (χ0) is 14.0. The van der Waals surface area contributed by atoms with Crippen LogP contribution in [0.1, 0.15) is 30.4 Å². The predicted molar refractivity (Wildman–Crippen MR) is 64.1 cm³/mol. The van der Waals surface area contributed by atoms with Gasteiger partial charge >= 0.3 is 6.18 Å². The van der Waals surface area contributed by atoms with Crippen LogP contribution in [0.25, 0.3) is 0 Å². The minimum atomic E-state index is -4.67. The number of hydrogen-bond donors (Lipinski definition) is 3. The number of halogens is 3. The standard InChI is InChI=1S/C13H16F3NO2/c14-13(15,16)11-7-10(18)6-8(12(11)19)5-9-3-1-2-4-17-9/h6-7,9,17-19H,1-5H2. The van der Waals surface area contributed by atoms with Crippen LogP contribution in [-0.2, 0) is 12.6 Å². The van der Waals surface area contributed by atoms with E-state index in [-0.39, 0.29) is 18.0 Å². The van der Waals surface area contributed by atoms with E-state index in [1.807, 2.05) is 0 Å². The highest BCUT2D eigenvalue weighted by Crippen LogP contribution is 2.40. The summed E-state index contributed by atoms with van der Waals surface area (Å²) in [5.41, 5.74) is -1.05. The summed E-state index contributed by atoms with van der Waals surface area (Å²) in [5.74, 6) is -1.26. The molecule has 2 rings (SSSR count). The molecule has 0 spiro atoms. The van der Waals surface area contributed by atoms with Gasteiger partial charge in [0.15, 0.2) is 0 Å². The van der Waals surface area contributed by atoms with Gasteiger partial charge in [-0.3, -0.25) is 0 Å². The summed E-state index contributed by atoms with van der Waals surface area (Å²) < 4.78 is 38.1. The Labute approximate surface area is 109 Å². The molecule has 0 bridgehead atoms. The number of benzene rings is 1. The lowest BCUT2D eigenvalue weighted by atomic mass is 9.95. The van der Waals surface area contributed by atoms with Crippen molar-refractivity contribution in [3.8, 4) is 11.5 Å². The van der Waals surface area contributed by atoms with E-state index in [2.05, 4.69) is 5.32 Å². The highest BCUT2D eigenvalue weighted by atomic mass is 19.4. The normalized spacial score (nSPS) is 20.5. The molecule has 0 radical (unpaired) electrons. The molecule has 6 heteroatoms. The number of aromatic hydroxyl groups is 2. The van der Waals surface area contributed by atoms with Crippen molar-refractivity contribution in [3.05, 3.63) is 23.3 Å². The van der Waals surface area contributed by atoms with E-state index in [0.717, 1.165) is 25.8 Å². The van der Waals surface area contributed by atoms with Gasteiger partial charge in [0.2, 0.25) is 0 Å². The maximum atomic E-state index is 12.7. The Morgan fingerprint density at radius 2 is 1.95 bits per heavy atom. The number of phenolic OH excluding ortho intramolecular Hbond substituents is 2. The van der Waals surface area contributed by atoms with E-state index >= 15 is 0 Å². The maximum Gasteiger partial charge on any atom is 0.420 e. The number of nitrogens with one attached hydrogen (secondary N) is 1. The molecule has 0 amide bonds. The highest BCUT2D eigenvalue weighted by molar-refractivity contribution is 5.47. The Morgan fingerprint density at radius 3 is 2.53 bits per heavy atom. The monoisotopic (exact) mass is 275 g/mol. The van der Waals surface area contributed by atoms with Gasteiger partial charge in [0.25, 0.3) is 0 Å². The molecule has 0 aromatic heterocycles. The molecule has 0 saturated carbocycles. The Morgan fingerprint density at radius 1 is 1.21 bits per heavy atom. The van der Waals surface area contributed by atoms with Gasteiger partial charge in [-0.05, 0) is 43.5 Å². The lowest BCUT2D eigenvalue weighted by Gasteiger charge is -2.24. The third-order valence-corrected chi connectivity index (χ3v) is 3.36. The Kier molecular flexibility index (Phi) is 3.89. The fraction of sp³-hybridized carbons (Fsp3) is 0.538. The molecule has 1 aliphatic rings. The fourth-order valence-corrected chi connectivity index (χ4v) is 2.41. The predicted octanol–water partition coefficient (Wildman–Crippen LogP) is 2.80. The lowest BCUT2D eigenvalue weighted by Crippen LogP contribution is -2.35. The Bertz CT molecular complexity index is 454. The van der Waals surface area contributed by atoms with Gasteiger partial charge in [-0.25, -0.2) is 0 Å². The van der Waals surface area contributed by atoms with E-state index in [4.69, 9.17) is 0 Å². The molecule has 106 valence electrons. The van der Waals surface area contributed by atoms with Crippen LogP contribution in [0, 0.1) is 0 Å². The van der Waals surface area contributed by atoms with E-state index in [0.29, 0.717) is 6.07 Å². The Balaban J connectivity index is 2.27. The van der Waals surface area contributed by atoms with Crippen LogP contribution >= 0.6 is 0 Å². The molecule has 1 aromatic rings. The van der Waals surface area contributed by atoms with Gasteiger partial charge < -0.3 is 15.5 Å². The molecule has 1 heterocycles. The molecule has 0 aliphatic carbocycles. The quantitative estimate of drug-likeness (QED) is 0.727. The summed E-state index contributed by atoms with van der Waals surface area (Å²) in [6.45, 7) is 0.830. The van der Waals surface area contributed by atoms with Crippen LogP contribution in [0.2, 0.25) is 0 Å². The average molecular weight is 275 g/mol. The van der Waals surface area contributed by atoms with Gasteiger partial charge in [-0.1, -0.05) is 6.42 Å². The van der Waals surface area contributed by atoms with Gasteiger partial charge in [0.05, 0.1) is 0 Å². The van der Waals surface area contributed by atoms with Gasteiger partial charge in [0.1, 0.15) is 17.1 Å². The molecule has 19 heavy (non-hydrogen) atoms. The maximum absolute atomic E-state index is 12.7. The smallest absolute Gasteiger partial charge is 0.420 e. The number of piperidine rings is 1. The number of alkyl halides is 3. The van der Waals surface area contributed by atoms with E-state index < -0.39 is 23.2 Å². The summed E-state index contributed by atoms with van der Waals surface area (Å²) >= 11 is 0. The summed E-state index contributed by atoms with van der Waals surface area (Å²) in [7, 11) is 0. The number of rotatable bonds is 2. The fourth-order valence-electron chi connectivity index (χ4n) is 2.41. The van der Waals surface area contributed by atoms with Gasteiger partial charge in [0, 0.05) is 6.04 Å². The molecular formula is C13H16F3NO2. The first-order valence-electron chi connectivity index (χ1n) is 6.23. The van der Waals surface area contributed by atoms with Crippen molar-refractivity contribution in [2.45, 2.75) is 37.9 Å².